The predicted octanol–water partition coefficient (Wildman–Crippen LogP) is 3.01. The summed E-state index contributed by atoms with van der Waals surface area (Å²) in [5.41, 5.74) is 2.65. The van der Waals surface area contributed by atoms with Gasteiger partial charge in [-0.1, -0.05) is 6.07 Å². The van der Waals surface area contributed by atoms with Crippen LogP contribution in [0.1, 0.15) is 0 Å². The highest BCUT2D eigenvalue weighted by Gasteiger charge is 2.08. The summed E-state index contributed by atoms with van der Waals surface area (Å²) in [4.78, 5) is 9.93. The lowest BCUT2D eigenvalue weighted by atomic mass is 10.3. The molecule has 5 heteroatoms. The summed E-state index contributed by atoms with van der Waals surface area (Å²) in [7, 11) is 0. The molecule has 4 heterocycles. The van der Waals surface area contributed by atoms with E-state index in [4.69, 9.17) is 0 Å². The van der Waals surface area contributed by atoms with Crippen molar-refractivity contribution in [3.05, 3.63) is 48.2 Å². The SMILES string of the molecule is c1csc(-c2cnc3c4cccnc4nn3c2)c1. The number of aromatic nitrogens is 4. The lowest BCUT2D eigenvalue weighted by Gasteiger charge is -1.97. The Morgan fingerprint density at radius 2 is 2.11 bits per heavy atom. The van der Waals surface area contributed by atoms with Gasteiger partial charge in [0.25, 0.3) is 0 Å². The number of fused-ring (bicyclic) bond motifs is 3. The maximum atomic E-state index is 4.49. The molecule has 0 spiro atoms. The fourth-order valence-electron chi connectivity index (χ4n) is 2.01. The van der Waals surface area contributed by atoms with Crippen molar-refractivity contribution in [3.8, 4) is 10.4 Å². The normalized spacial score (nSPS) is 11.3. The number of nitrogens with zero attached hydrogens (tertiary/aromatic N) is 4. The van der Waals surface area contributed by atoms with E-state index in [0.717, 1.165) is 22.2 Å². The highest BCUT2D eigenvalue weighted by atomic mass is 32.1. The van der Waals surface area contributed by atoms with Gasteiger partial charge in [0, 0.05) is 29.0 Å². The molecule has 0 aromatic carbocycles. The topological polar surface area (TPSA) is 43.1 Å². The molecule has 0 atom stereocenters. The van der Waals surface area contributed by atoms with E-state index in [1.807, 2.05) is 30.6 Å². The summed E-state index contributed by atoms with van der Waals surface area (Å²) < 4.78 is 1.80. The molecule has 0 aliphatic heterocycles. The van der Waals surface area contributed by atoms with E-state index >= 15 is 0 Å². The van der Waals surface area contributed by atoms with Gasteiger partial charge in [0.05, 0.1) is 5.39 Å². The van der Waals surface area contributed by atoms with Gasteiger partial charge in [-0.3, -0.25) is 0 Å². The molecule has 4 nitrogen and oxygen atoms in total. The molecule has 0 fully saturated rings. The standard InChI is InChI=1S/C13H8N4S/c1-3-10-12(14-5-1)16-17-8-9(7-15-13(10)17)11-4-2-6-18-11/h1-8H. The Balaban J connectivity index is 2.04. The number of pyridine rings is 1. The summed E-state index contributed by atoms with van der Waals surface area (Å²) in [5, 5.41) is 7.47. The molecule has 0 saturated carbocycles. The first kappa shape index (κ1) is 9.73. The minimum absolute atomic E-state index is 0.730. The van der Waals surface area contributed by atoms with E-state index in [-0.39, 0.29) is 0 Å². The van der Waals surface area contributed by atoms with Crippen molar-refractivity contribution in [3.63, 3.8) is 0 Å². The lowest BCUT2D eigenvalue weighted by Crippen LogP contribution is -1.90. The summed E-state index contributed by atoms with van der Waals surface area (Å²) >= 11 is 1.69. The van der Waals surface area contributed by atoms with Gasteiger partial charge >= 0.3 is 0 Å². The van der Waals surface area contributed by atoms with Gasteiger partial charge in [-0.15, -0.1) is 16.4 Å². The Bertz CT molecular complexity index is 833. The molecule has 0 aliphatic carbocycles. The fourth-order valence-corrected chi connectivity index (χ4v) is 2.71. The molecule has 18 heavy (non-hydrogen) atoms. The zero-order valence-corrected chi connectivity index (χ0v) is 10.1. The second kappa shape index (κ2) is 3.61. The van der Waals surface area contributed by atoms with E-state index in [1.54, 1.807) is 22.0 Å². The molecule has 0 amide bonds. The second-order valence-electron chi connectivity index (χ2n) is 3.96. The van der Waals surface area contributed by atoms with Crippen LogP contribution in [0.5, 0.6) is 0 Å². The van der Waals surface area contributed by atoms with Crippen LogP contribution < -0.4 is 0 Å². The Morgan fingerprint density at radius 3 is 3.00 bits per heavy atom. The maximum absolute atomic E-state index is 4.49. The highest BCUT2D eigenvalue weighted by molar-refractivity contribution is 7.13. The van der Waals surface area contributed by atoms with Crippen molar-refractivity contribution < 1.29 is 0 Å². The van der Waals surface area contributed by atoms with Gasteiger partial charge in [0.1, 0.15) is 0 Å². The van der Waals surface area contributed by atoms with Gasteiger partial charge in [-0.25, -0.2) is 14.5 Å². The van der Waals surface area contributed by atoms with Crippen LogP contribution in [0.25, 0.3) is 27.1 Å². The molecule has 4 aromatic heterocycles. The molecule has 0 bridgehead atoms. The van der Waals surface area contributed by atoms with Crippen LogP contribution in [0.2, 0.25) is 0 Å². The van der Waals surface area contributed by atoms with Crippen molar-refractivity contribution in [1.29, 1.82) is 0 Å². The predicted molar refractivity (Wildman–Crippen MR) is 71.6 cm³/mol. The third-order valence-corrected chi connectivity index (χ3v) is 3.76. The van der Waals surface area contributed by atoms with E-state index in [0.29, 0.717) is 0 Å². The van der Waals surface area contributed by atoms with Gasteiger partial charge in [0.2, 0.25) is 0 Å². The summed E-state index contributed by atoms with van der Waals surface area (Å²) in [6.07, 6.45) is 5.63. The van der Waals surface area contributed by atoms with E-state index in [2.05, 4.69) is 26.5 Å². The molecular formula is C13H8N4S. The van der Waals surface area contributed by atoms with Gasteiger partial charge in [-0.2, -0.15) is 0 Å². The number of thiophene rings is 1. The Hall–Kier alpha value is -2.27. The highest BCUT2D eigenvalue weighted by Crippen LogP contribution is 2.25. The minimum atomic E-state index is 0.730. The van der Waals surface area contributed by atoms with Crippen LogP contribution in [-0.4, -0.2) is 19.6 Å². The molecule has 86 valence electrons. The first-order valence-corrected chi connectivity index (χ1v) is 6.43. The third-order valence-electron chi connectivity index (χ3n) is 2.84. The second-order valence-corrected chi connectivity index (χ2v) is 4.91. The molecule has 0 N–H and O–H groups in total. The third kappa shape index (κ3) is 1.34. The van der Waals surface area contributed by atoms with Crippen molar-refractivity contribution >= 4 is 28.0 Å². The van der Waals surface area contributed by atoms with Crippen LogP contribution in [0.15, 0.2) is 48.2 Å². The smallest absolute Gasteiger partial charge is 0.183 e. The average Bonchev–Trinajstić information content (AvgIpc) is 3.05. The minimum Gasteiger partial charge on any atom is -0.236 e. The van der Waals surface area contributed by atoms with Gasteiger partial charge in [0.15, 0.2) is 11.3 Å². The summed E-state index contributed by atoms with van der Waals surface area (Å²) in [6, 6.07) is 8.00. The van der Waals surface area contributed by atoms with Gasteiger partial charge in [-0.05, 0) is 23.6 Å². The Labute approximate surface area is 107 Å². The summed E-state index contributed by atoms with van der Waals surface area (Å²) in [6.45, 7) is 0. The first-order chi connectivity index (χ1) is 8.92. The van der Waals surface area contributed by atoms with Gasteiger partial charge < -0.3 is 0 Å². The van der Waals surface area contributed by atoms with Crippen LogP contribution in [0, 0.1) is 0 Å². The zero-order valence-electron chi connectivity index (χ0n) is 9.32. The van der Waals surface area contributed by atoms with Crippen molar-refractivity contribution in [2.75, 3.05) is 0 Å². The largest absolute Gasteiger partial charge is 0.236 e. The molecule has 0 saturated heterocycles. The van der Waals surface area contributed by atoms with Crippen LogP contribution in [0.4, 0.5) is 0 Å². The molecule has 0 aliphatic rings. The van der Waals surface area contributed by atoms with E-state index < -0.39 is 0 Å². The Kier molecular flexibility index (Phi) is 1.95. The molecule has 4 aromatic rings. The van der Waals surface area contributed by atoms with Crippen molar-refractivity contribution in [1.82, 2.24) is 19.6 Å². The molecule has 4 rings (SSSR count). The molecule has 0 unspecified atom stereocenters. The van der Waals surface area contributed by atoms with E-state index in [1.165, 1.54) is 4.88 Å². The first-order valence-electron chi connectivity index (χ1n) is 5.55. The lowest BCUT2D eigenvalue weighted by molar-refractivity contribution is 0.951. The Morgan fingerprint density at radius 1 is 1.11 bits per heavy atom. The van der Waals surface area contributed by atoms with Crippen LogP contribution in [0.3, 0.4) is 0 Å². The van der Waals surface area contributed by atoms with Crippen molar-refractivity contribution in [2.45, 2.75) is 0 Å². The monoisotopic (exact) mass is 252 g/mol. The maximum Gasteiger partial charge on any atom is 0.183 e. The summed E-state index contributed by atoms with van der Waals surface area (Å²) in [5.74, 6) is 0. The molecular weight excluding hydrogens is 244 g/mol. The van der Waals surface area contributed by atoms with Crippen molar-refractivity contribution in [2.24, 2.45) is 0 Å². The molecule has 0 radical (unpaired) electrons. The van der Waals surface area contributed by atoms with E-state index in [9.17, 15) is 0 Å². The number of hydrogen-bond acceptors (Lipinski definition) is 4. The number of hydrogen-bond donors (Lipinski definition) is 0. The van der Waals surface area contributed by atoms with Crippen LogP contribution in [-0.2, 0) is 0 Å². The average molecular weight is 252 g/mol. The zero-order chi connectivity index (χ0) is 11.9. The fraction of sp³-hybridized carbons (Fsp3) is 0. The van der Waals surface area contributed by atoms with Crippen LogP contribution >= 0.6 is 11.3 Å². The quantitative estimate of drug-likeness (QED) is 0.523. The number of rotatable bonds is 1.